The first-order valence-electron chi connectivity index (χ1n) is 4.53. The van der Waals surface area contributed by atoms with Gasteiger partial charge in [0.15, 0.2) is 5.82 Å². The van der Waals surface area contributed by atoms with Crippen LogP contribution in [0.4, 0.5) is 11.5 Å². The monoisotopic (exact) mass is 196 g/mol. The quantitative estimate of drug-likeness (QED) is 0.752. The first kappa shape index (κ1) is 10.6. The fourth-order valence-electron chi connectivity index (χ4n) is 0.932. The minimum Gasteiger partial charge on any atom is -0.476 e. The van der Waals surface area contributed by atoms with Crippen LogP contribution in [-0.2, 0) is 0 Å². The summed E-state index contributed by atoms with van der Waals surface area (Å²) in [7, 11) is 0. The van der Waals surface area contributed by atoms with E-state index < -0.39 is 0 Å². The number of hydrogen-bond acceptors (Lipinski definition) is 5. The third-order valence-electron chi connectivity index (χ3n) is 1.61. The maximum atomic E-state index is 5.66. The van der Waals surface area contributed by atoms with E-state index in [0.29, 0.717) is 29.9 Å². The zero-order valence-electron chi connectivity index (χ0n) is 8.74. The highest BCUT2D eigenvalue weighted by Gasteiger charge is 2.09. The van der Waals surface area contributed by atoms with Crippen LogP contribution in [0, 0.1) is 12.8 Å². The second-order valence-corrected chi connectivity index (χ2v) is 3.58. The highest BCUT2D eigenvalue weighted by atomic mass is 16.5. The highest BCUT2D eigenvalue weighted by molar-refractivity contribution is 5.64. The van der Waals surface area contributed by atoms with Crippen molar-refractivity contribution in [1.82, 2.24) is 9.97 Å². The van der Waals surface area contributed by atoms with E-state index in [2.05, 4.69) is 9.97 Å². The van der Waals surface area contributed by atoms with Crippen molar-refractivity contribution in [3.05, 3.63) is 5.82 Å². The third kappa shape index (κ3) is 2.48. The number of aryl methyl sites for hydroxylation is 1. The van der Waals surface area contributed by atoms with Gasteiger partial charge in [0, 0.05) is 0 Å². The molecule has 0 fully saturated rings. The summed E-state index contributed by atoms with van der Waals surface area (Å²) in [5.74, 6) is 1.64. The molecular formula is C9H16N4O. The largest absolute Gasteiger partial charge is 0.476 e. The molecule has 0 saturated carbocycles. The third-order valence-corrected chi connectivity index (χ3v) is 1.61. The van der Waals surface area contributed by atoms with Crippen LogP contribution >= 0.6 is 0 Å². The number of nitrogen functional groups attached to an aromatic ring is 2. The molecule has 0 unspecified atom stereocenters. The summed E-state index contributed by atoms with van der Waals surface area (Å²) in [4.78, 5) is 7.99. The van der Waals surface area contributed by atoms with Crippen LogP contribution in [0.15, 0.2) is 0 Å². The average molecular weight is 196 g/mol. The summed E-state index contributed by atoms with van der Waals surface area (Å²) in [5, 5.41) is 0. The number of nitrogens with two attached hydrogens (primary N) is 2. The van der Waals surface area contributed by atoms with Crippen LogP contribution in [0.1, 0.15) is 19.7 Å². The van der Waals surface area contributed by atoms with E-state index in [0.717, 1.165) is 0 Å². The van der Waals surface area contributed by atoms with E-state index in [-0.39, 0.29) is 5.82 Å². The van der Waals surface area contributed by atoms with E-state index in [4.69, 9.17) is 16.2 Å². The van der Waals surface area contributed by atoms with Gasteiger partial charge in [0.2, 0.25) is 5.88 Å². The summed E-state index contributed by atoms with van der Waals surface area (Å²) in [6.07, 6.45) is 0. The Balaban J connectivity index is 2.85. The van der Waals surface area contributed by atoms with Gasteiger partial charge in [-0.15, -0.1) is 0 Å². The molecule has 78 valence electrons. The van der Waals surface area contributed by atoms with Gasteiger partial charge in [-0.1, -0.05) is 13.8 Å². The van der Waals surface area contributed by atoms with E-state index in [1.54, 1.807) is 6.92 Å². The predicted molar refractivity (Wildman–Crippen MR) is 55.9 cm³/mol. The van der Waals surface area contributed by atoms with E-state index in [1.165, 1.54) is 0 Å². The Bertz CT molecular complexity index is 325. The summed E-state index contributed by atoms with van der Waals surface area (Å²) >= 11 is 0. The lowest BCUT2D eigenvalue weighted by atomic mass is 10.2. The molecule has 0 aliphatic heterocycles. The fraction of sp³-hybridized carbons (Fsp3) is 0.556. The van der Waals surface area contributed by atoms with Gasteiger partial charge in [-0.3, -0.25) is 0 Å². The van der Waals surface area contributed by atoms with Gasteiger partial charge in [0.25, 0.3) is 0 Å². The van der Waals surface area contributed by atoms with Crippen LogP contribution in [0.3, 0.4) is 0 Å². The lowest BCUT2D eigenvalue weighted by molar-refractivity contribution is 0.262. The average Bonchev–Trinajstić information content (AvgIpc) is 2.08. The Kier molecular flexibility index (Phi) is 3.11. The lowest BCUT2D eigenvalue weighted by Gasteiger charge is -2.11. The van der Waals surface area contributed by atoms with Crippen molar-refractivity contribution in [1.29, 1.82) is 0 Å². The number of anilines is 2. The fourth-order valence-corrected chi connectivity index (χ4v) is 0.932. The van der Waals surface area contributed by atoms with Gasteiger partial charge < -0.3 is 16.2 Å². The normalized spacial score (nSPS) is 10.6. The zero-order valence-corrected chi connectivity index (χ0v) is 8.74. The molecule has 1 rings (SSSR count). The van der Waals surface area contributed by atoms with Crippen LogP contribution in [0.5, 0.6) is 5.88 Å². The molecule has 5 nitrogen and oxygen atoms in total. The Morgan fingerprint density at radius 3 is 2.50 bits per heavy atom. The van der Waals surface area contributed by atoms with Crippen molar-refractivity contribution in [3.63, 3.8) is 0 Å². The predicted octanol–water partition coefficient (Wildman–Crippen LogP) is 0.984. The van der Waals surface area contributed by atoms with E-state index in [1.807, 2.05) is 13.8 Å². The summed E-state index contributed by atoms with van der Waals surface area (Å²) in [6.45, 7) is 6.42. The molecule has 0 atom stereocenters. The van der Waals surface area contributed by atoms with Crippen molar-refractivity contribution in [2.24, 2.45) is 5.92 Å². The smallest absolute Gasteiger partial charge is 0.242 e. The van der Waals surface area contributed by atoms with Crippen LogP contribution in [-0.4, -0.2) is 16.6 Å². The molecule has 0 aliphatic rings. The molecule has 0 spiro atoms. The summed E-state index contributed by atoms with van der Waals surface area (Å²) < 4.78 is 5.40. The van der Waals surface area contributed by atoms with Crippen LogP contribution in [0.2, 0.25) is 0 Å². The van der Waals surface area contributed by atoms with Crippen molar-refractivity contribution in [2.75, 3.05) is 18.1 Å². The molecule has 0 bridgehead atoms. The maximum absolute atomic E-state index is 5.66. The van der Waals surface area contributed by atoms with Crippen molar-refractivity contribution >= 4 is 11.5 Å². The molecule has 0 radical (unpaired) electrons. The standard InChI is InChI=1S/C9H16N4O/c1-5(2)4-14-9-7(10)8(11)12-6(3)13-9/h5H,4,10H2,1-3H3,(H2,11,12,13). The first-order valence-corrected chi connectivity index (χ1v) is 4.53. The van der Waals surface area contributed by atoms with Crippen LogP contribution in [0.25, 0.3) is 0 Å². The molecule has 1 heterocycles. The Morgan fingerprint density at radius 2 is 1.93 bits per heavy atom. The van der Waals surface area contributed by atoms with Gasteiger partial charge in [-0.05, 0) is 12.8 Å². The summed E-state index contributed by atoms with van der Waals surface area (Å²) in [5.41, 5.74) is 11.6. The lowest BCUT2D eigenvalue weighted by Crippen LogP contribution is -2.10. The van der Waals surface area contributed by atoms with Gasteiger partial charge >= 0.3 is 0 Å². The minimum absolute atomic E-state index is 0.274. The van der Waals surface area contributed by atoms with Gasteiger partial charge in [0.1, 0.15) is 11.5 Å². The Hall–Kier alpha value is -1.52. The van der Waals surface area contributed by atoms with Crippen molar-refractivity contribution in [2.45, 2.75) is 20.8 Å². The van der Waals surface area contributed by atoms with Crippen molar-refractivity contribution < 1.29 is 4.74 Å². The van der Waals surface area contributed by atoms with Gasteiger partial charge in [-0.25, -0.2) is 4.98 Å². The molecule has 0 aromatic carbocycles. The first-order chi connectivity index (χ1) is 6.50. The second-order valence-electron chi connectivity index (χ2n) is 3.58. The second kappa shape index (κ2) is 4.13. The number of aromatic nitrogens is 2. The topological polar surface area (TPSA) is 87.0 Å². The maximum Gasteiger partial charge on any atom is 0.242 e. The molecule has 1 aromatic heterocycles. The Labute approximate surface area is 83.5 Å². The molecule has 5 heteroatoms. The number of nitrogens with zero attached hydrogens (tertiary/aromatic N) is 2. The van der Waals surface area contributed by atoms with Crippen molar-refractivity contribution in [3.8, 4) is 5.88 Å². The highest BCUT2D eigenvalue weighted by Crippen LogP contribution is 2.23. The molecule has 0 saturated heterocycles. The van der Waals surface area contributed by atoms with E-state index >= 15 is 0 Å². The van der Waals surface area contributed by atoms with E-state index in [9.17, 15) is 0 Å². The number of hydrogen-bond donors (Lipinski definition) is 2. The minimum atomic E-state index is 0.274. The Morgan fingerprint density at radius 1 is 1.29 bits per heavy atom. The molecular weight excluding hydrogens is 180 g/mol. The number of rotatable bonds is 3. The summed E-state index contributed by atoms with van der Waals surface area (Å²) in [6, 6.07) is 0. The van der Waals surface area contributed by atoms with Crippen LogP contribution < -0.4 is 16.2 Å². The molecule has 4 N–H and O–H groups in total. The molecule has 0 amide bonds. The molecule has 1 aromatic rings. The van der Waals surface area contributed by atoms with Gasteiger partial charge in [0.05, 0.1) is 6.61 Å². The van der Waals surface area contributed by atoms with Gasteiger partial charge in [-0.2, -0.15) is 4.98 Å². The number of ether oxygens (including phenoxy) is 1. The SMILES string of the molecule is Cc1nc(N)c(N)c(OCC(C)C)n1. The molecule has 0 aliphatic carbocycles. The molecule has 14 heavy (non-hydrogen) atoms. The zero-order chi connectivity index (χ0) is 10.7.